The number of aryl methyl sites for hydroxylation is 3. The van der Waals surface area contributed by atoms with Crippen LogP contribution in [0.2, 0.25) is 0 Å². The molecule has 0 radical (unpaired) electrons. The minimum atomic E-state index is -0.134. The van der Waals surface area contributed by atoms with Crippen LogP contribution in [0, 0.1) is 20.8 Å². The van der Waals surface area contributed by atoms with Crippen molar-refractivity contribution in [1.82, 2.24) is 0 Å². The van der Waals surface area contributed by atoms with Gasteiger partial charge in [0.25, 0.3) is 5.91 Å². The van der Waals surface area contributed by atoms with Gasteiger partial charge in [0.15, 0.2) is 6.61 Å². The molecule has 0 aromatic heterocycles. The van der Waals surface area contributed by atoms with E-state index >= 15 is 0 Å². The van der Waals surface area contributed by atoms with Gasteiger partial charge in [-0.15, -0.1) is 0 Å². The largest absolute Gasteiger partial charge is 0.483 e. The average Bonchev–Trinajstić information content (AvgIpc) is 2.53. The van der Waals surface area contributed by atoms with E-state index in [1.165, 1.54) is 5.56 Å². The molecule has 2 aromatic rings. The predicted octanol–water partition coefficient (Wildman–Crippen LogP) is 5.14. The maximum Gasteiger partial charge on any atom is 0.262 e. The molecule has 3 nitrogen and oxygen atoms in total. The van der Waals surface area contributed by atoms with E-state index in [9.17, 15) is 4.79 Å². The van der Waals surface area contributed by atoms with Crippen LogP contribution in [0.4, 0.5) is 5.69 Å². The van der Waals surface area contributed by atoms with Crippen LogP contribution in [-0.2, 0) is 4.79 Å². The predicted molar refractivity (Wildman–Crippen MR) is 99.9 cm³/mol. The summed E-state index contributed by atoms with van der Waals surface area (Å²) in [5, 5.41) is 2.98. The molecule has 3 heteroatoms. The van der Waals surface area contributed by atoms with Crippen LogP contribution < -0.4 is 10.1 Å². The standard InChI is InChI=1S/C21H27NO2/c1-6-15(3)18-9-7-8-10-19(18)22-20(23)13-24-21-16(4)11-14(2)12-17(21)5/h7-12,15H,6,13H2,1-5H3,(H,22,23)/t15-/m1/s1. The molecule has 2 aromatic carbocycles. The third-order valence-electron chi connectivity index (χ3n) is 4.33. The molecule has 0 saturated heterocycles. The summed E-state index contributed by atoms with van der Waals surface area (Å²) in [7, 11) is 0. The summed E-state index contributed by atoms with van der Waals surface area (Å²) in [5.41, 5.74) is 5.35. The van der Waals surface area contributed by atoms with E-state index < -0.39 is 0 Å². The summed E-state index contributed by atoms with van der Waals surface area (Å²) in [6, 6.07) is 12.1. The average molecular weight is 325 g/mol. The number of rotatable bonds is 6. The Labute approximate surface area is 145 Å². The van der Waals surface area contributed by atoms with Gasteiger partial charge in [-0.05, 0) is 55.9 Å². The first-order chi connectivity index (χ1) is 11.4. The molecule has 0 aliphatic carbocycles. The fourth-order valence-corrected chi connectivity index (χ4v) is 2.98. The van der Waals surface area contributed by atoms with Gasteiger partial charge in [-0.1, -0.05) is 49.7 Å². The molecule has 2 rings (SSSR count). The Morgan fingerprint density at radius 1 is 1.12 bits per heavy atom. The number of hydrogen-bond donors (Lipinski definition) is 1. The summed E-state index contributed by atoms with van der Waals surface area (Å²) in [5.74, 6) is 1.07. The van der Waals surface area contributed by atoms with E-state index in [1.807, 2.05) is 32.0 Å². The molecule has 1 N–H and O–H groups in total. The maximum atomic E-state index is 12.3. The zero-order chi connectivity index (χ0) is 17.7. The first kappa shape index (κ1) is 18.1. The lowest BCUT2D eigenvalue weighted by Gasteiger charge is -2.16. The first-order valence-corrected chi connectivity index (χ1v) is 8.51. The number of nitrogens with one attached hydrogen (secondary N) is 1. The van der Waals surface area contributed by atoms with Gasteiger partial charge < -0.3 is 10.1 Å². The lowest BCUT2D eigenvalue weighted by atomic mass is 9.97. The lowest BCUT2D eigenvalue weighted by Crippen LogP contribution is -2.21. The number of carbonyl (C=O) groups is 1. The highest BCUT2D eigenvalue weighted by Gasteiger charge is 2.12. The van der Waals surface area contributed by atoms with Gasteiger partial charge in [-0.2, -0.15) is 0 Å². The van der Waals surface area contributed by atoms with Crippen molar-refractivity contribution < 1.29 is 9.53 Å². The van der Waals surface area contributed by atoms with Gasteiger partial charge >= 0.3 is 0 Å². The van der Waals surface area contributed by atoms with Crippen molar-refractivity contribution >= 4 is 11.6 Å². The smallest absolute Gasteiger partial charge is 0.262 e. The molecule has 128 valence electrons. The first-order valence-electron chi connectivity index (χ1n) is 8.51. The van der Waals surface area contributed by atoms with E-state index in [0.29, 0.717) is 5.92 Å². The van der Waals surface area contributed by atoms with E-state index in [4.69, 9.17) is 4.74 Å². The molecule has 0 unspecified atom stereocenters. The third kappa shape index (κ3) is 4.38. The topological polar surface area (TPSA) is 38.3 Å². The van der Waals surface area contributed by atoms with Gasteiger partial charge in [0.2, 0.25) is 0 Å². The molecule has 0 aliphatic rings. The molecular formula is C21H27NO2. The minimum Gasteiger partial charge on any atom is -0.483 e. The van der Waals surface area contributed by atoms with Crippen molar-refractivity contribution in [3.05, 3.63) is 58.7 Å². The SMILES string of the molecule is CC[C@@H](C)c1ccccc1NC(=O)COc1c(C)cc(C)cc1C. The second-order valence-electron chi connectivity index (χ2n) is 6.46. The zero-order valence-corrected chi connectivity index (χ0v) is 15.3. The van der Waals surface area contributed by atoms with Crippen LogP contribution in [0.25, 0.3) is 0 Å². The Hall–Kier alpha value is -2.29. The summed E-state index contributed by atoms with van der Waals surface area (Å²) in [4.78, 5) is 12.3. The molecular weight excluding hydrogens is 298 g/mol. The van der Waals surface area contributed by atoms with Crippen molar-refractivity contribution in [2.75, 3.05) is 11.9 Å². The number of carbonyl (C=O) groups excluding carboxylic acids is 1. The van der Waals surface area contributed by atoms with Crippen LogP contribution in [0.1, 0.15) is 48.4 Å². The van der Waals surface area contributed by atoms with Crippen molar-refractivity contribution in [1.29, 1.82) is 0 Å². The number of benzene rings is 2. The Bertz CT molecular complexity index is 699. The van der Waals surface area contributed by atoms with Gasteiger partial charge in [0.1, 0.15) is 5.75 Å². The monoisotopic (exact) mass is 325 g/mol. The highest BCUT2D eigenvalue weighted by atomic mass is 16.5. The number of hydrogen-bond acceptors (Lipinski definition) is 2. The van der Waals surface area contributed by atoms with Crippen molar-refractivity contribution in [2.45, 2.75) is 47.0 Å². The van der Waals surface area contributed by atoms with Crippen LogP contribution in [0.3, 0.4) is 0 Å². The van der Waals surface area contributed by atoms with Gasteiger partial charge in [-0.25, -0.2) is 0 Å². The van der Waals surface area contributed by atoms with Crippen molar-refractivity contribution in [3.8, 4) is 5.75 Å². The van der Waals surface area contributed by atoms with E-state index in [-0.39, 0.29) is 12.5 Å². The van der Waals surface area contributed by atoms with Gasteiger partial charge in [0.05, 0.1) is 0 Å². The van der Waals surface area contributed by atoms with Gasteiger partial charge in [-0.3, -0.25) is 4.79 Å². The minimum absolute atomic E-state index is 0.0135. The van der Waals surface area contributed by atoms with Crippen LogP contribution in [0.15, 0.2) is 36.4 Å². The summed E-state index contributed by atoms with van der Waals surface area (Å²) < 4.78 is 5.77. The van der Waals surface area contributed by atoms with Crippen LogP contribution >= 0.6 is 0 Å². The Kier molecular flexibility index (Phi) is 6.02. The van der Waals surface area contributed by atoms with E-state index in [1.54, 1.807) is 0 Å². The highest BCUT2D eigenvalue weighted by molar-refractivity contribution is 5.92. The number of anilines is 1. The number of amides is 1. The molecule has 1 amide bonds. The fraction of sp³-hybridized carbons (Fsp3) is 0.381. The Balaban J connectivity index is 2.05. The Morgan fingerprint density at radius 3 is 2.38 bits per heavy atom. The molecule has 24 heavy (non-hydrogen) atoms. The van der Waals surface area contributed by atoms with Crippen molar-refractivity contribution in [3.63, 3.8) is 0 Å². The van der Waals surface area contributed by atoms with Crippen molar-refractivity contribution in [2.24, 2.45) is 0 Å². The normalized spacial score (nSPS) is 11.9. The third-order valence-corrected chi connectivity index (χ3v) is 4.33. The number of ether oxygens (including phenoxy) is 1. The summed E-state index contributed by atoms with van der Waals surface area (Å²) in [6.45, 7) is 10.4. The van der Waals surface area contributed by atoms with Crippen LogP contribution in [-0.4, -0.2) is 12.5 Å². The number of para-hydroxylation sites is 1. The molecule has 0 saturated carbocycles. The lowest BCUT2D eigenvalue weighted by molar-refractivity contribution is -0.118. The molecule has 0 heterocycles. The van der Waals surface area contributed by atoms with E-state index in [2.05, 4.69) is 44.3 Å². The maximum absolute atomic E-state index is 12.3. The van der Waals surface area contributed by atoms with E-state index in [0.717, 1.165) is 34.5 Å². The van der Waals surface area contributed by atoms with Gasteiger partial charge in [0, 0.05) is 5.69 Å². The quantitative estimate of drug-likeness (QED) is 0.798. The second kappa shape index (κ2) is 8.00. The molecule has 1 atom stereocenters. The Morgan fingerprint density at radius 2 is 1.75 bits per heavy atom. The second-order valence-corrected chi connectivity index (χ2v) is 6.46. The fourth-order valence-electron chi connectivity index (χ4n) is 2.98. The molecule has 0 spiro atoms. The summed E-state index contributed by atoms with van der Waals surface area (Å²) in [6.07, 6.45) is 1.03. The molecule has 0 bridgehead atoms. The molecule has 0 fully saturated rings. The highest BCUT2D eigenvalue weighted by Crippen LogP contribution is 2.27. The molecule has 0 aliphatic heterocycles. The zero-order valence-electron chi connectivity index (χ0n) is 15.3. The van der Waals surface area contributed by atoms with Crippen LogP contribution in [0.5, 0.6) is 5.75 Å². The summed E-state index contributed by atoms with van der Waals surface area (Å²) >= 11 is 0.